The highest BCUT2D eigenvalue weighted by Crippen LogP contribution is 2.44. The van der Waals surface area contributed by atoms with Gasteiger partial charge in [0.2, 0.25) is 0 Å². The van der Waals surface area contributed by atoms with Crippen molar-refractivity contribution in [3.8, 4) is 0 Å². The van der Waals surface area contributed by atoms with E-state index in [9.17, 15) is 5.11 Å². The van der Waals surface area contributed by atoms with E-state index in [4.69, 9.17) is 0 Å². The Morgan fingerprint density at radius 3 is 2.21 bits per heavy atom. The molecular formula is C22H35NO. The fraction of sp³-hybridized carbons (Fsp3) is 0.727. The van der Waals surface area contributed by atoms with Crippen molar-refractivity contribution in [1.82, 2.24) is 4.90 Å². The van der Waals surface area contributed by atoms with Crippen LogP contribution in [0.25, 0.3) is 0 Å². The van der Waals surface area contributed by atoms with Crippen molar-refractivity contribution in [2.75, 3.05) is 19.6 Å². The molecule has 0 amide bonds. The van der Waals surface area contributed by atoms with Gasteiger partial charge in [-0.3, -0.25) is 0 Å². The monoisotopic (exact) mass is 329 g/mol. The molecule has 1 aliphatic carbocycles. The minimum absolute atomic E-state index is 0.169. The van der Waals surface area contributed by atoms with E-state index in [1.165, 1.54) is 44.3 Å². The minimum Gasteiger partial charge on any atom is -0.385 e. The first-order valence-electron chi connectivity index (χ1n) is 9.95. The molecule has 1 N–H and O–H groups in total. The van der Waals surface area contributed by atoms with Gasteiger partial charge in [0.25, 0.3) is 0 Å². The van der Waals surface area contributed by atoms with Crippen LogP contribution in [0.3, 0.4) is 0 Å². The van der Waals surface area contributed by atoms with E-state index < -0.39 is 5.60 Å². The molecule has 1 saturated heterocycles. The molecule has 2 nitrogen and oxygen atoms in total. The second kappa shape index (κ2) is 7.17. The van der Waals surface area contributed by atoms with E-state index in [2.05, 4.69) is 49.9 Å². The van der Waals surface area contributed by atoms with E-state index in [1.54, 1.807) is 0 Å². The Bertz CT molecular complexity index is 522. The molecule has 2 atom stereocenters. The van der Waals surface area contributed by atoms with Gasteiger partial charge in [-0.05, 0) is 61.7 Å². The zero-order valence-electron chi connectivity index (χ0n) is 15.9. The smallest absolute Gasteiger partial charge is 0.0936 e. The number of rotatable bonds is 3. The summed E-state index contributed by atoms with van der Waals surface area (Å²) < 4.78 is 0. The van der Waals surface area contributed by atoms with Crippen molar-refractivity contribution in [2.45, 2.75) is 76.7 Å². The molecule has 2 unspecified atom stereocenters. The molecule has 2 fully saturated rings. The summed E-state index contributed by atoms with van der Waals surface area (Å²) >= 11 is 0. The van der Waals surface area contributed by atoms with Crippen molar-refractivity contribution in [3.05, 3.63) is 35.4 Å². The molecule has 0 radical (unpaired) electrons. The van der Waals surface area contributed by atoms with Gasteiger partial charge >= 0.3 is 0 Å². The topological polar surface area (TPSA) is 23.5 Å². The van der Waals surface area contributed by atoms with Crippen LogP contribution in [0.15, 0.2) is 24.3 Å². The van der Waals surface area contributed by atoms with Gasteiger partial charge in [-0.1, -0.05) is 57.9 Å². The van der Waals surface area contributed by atoms with Crippen LogP contribution in [0.5, 0.6) is 0 Å². The Hall–Kier alpha value is -0.860. The molecular weight excluding hydrogens is 294 g/mol. The van der Waals surface area contributed by atoms with Gasteiger partial charge in [-0.15, -0.1) is 0 Å². The maximum Gasteiger partial charge on any atom is 0.0936 e. The Morgan fingerprint density at radius 2 is 1.62 bits per heavy atom. The second-order valence-electron chi connectivity index (χ2n) is 9.06. The molecule has 3 rings (SSSR count). The first-order valence-corrected chi connectivity index (χ1v) is 9.95. The standard InChI is InChI=1S/C22H35NO/c1-21(2,3)18-10-12-19(13-11-18)22(24)14-8-9-20(22)17-23-15-6-4-5-7-16-23/h10-13,20,24H,4-9,14-17H2,1-3H3. The predicted molar refractivity (Wildman–Crippen MR) is 101 cm³/mol. The molecule has 24 heavy (non-hydrogen) atoms. The Kier molecular flexibility index (Phi) is 5.36. The van der Waals surface area contributed by atoms with E-state index in [1.807, 2.05) is 0 Å². The molecule has 134 valence electrons. The van der Waals surface area contributed by atoms with Crippen molar-refractivity contribution < 1.29 is 5.11 Å². The van der Waals surface area contributed by atoms with Crippen molar-refractivity contribution in [2.24, 2.45) is 5.92 Å². The second-order valence-corrected chi connectivity index (χ2v) is 9.06. The molecule has 0 aromatic heterocycles. The molecule has 1 aromatic rings. The van der Waals surface area contributed by atoms with E-state index in [-0.39, 0.29) is 5.41 Å². The highest BCUT2D eigenvalue weighted by molar-refractivity contribution is 5.32. The van der Waals surface area contributed by atoms with Crippen molar-refractivity contribution in [3.63, 3.8) is 0 Å². The highest BCUT2D eigenvalue weighted by Gasteiger charge is 2.43. The molecule has 2 heteroatoms. The van der Waals surface area contributed by atoms with Gasteiger partial charge in [-0.2, -0.15) is 0 Å². The van der Waals surface area contributed by atoms with E-state index in [0.29, 0.717) is 5.92 Å². The fourth-order valence-corrected chi connectivity index (χ4v) is 4.57. The van der Waals surface area contributed by atoms with Gasteiger partial charge in [0, 0.05) is 12.5 Å². The zero-order valence-corrected chi connectivity index (χ0v) is 15.9. The van der Waals surface area contributed by atoms with Crippen LogP contribution in [0.1, 0.15) is 76.8 Å². The summed E-state index contributed by atoms with van der Waals surface area (Å²) in [6.45, 7) is 10.2. The fourth-order valence-electron chi connectivity index (χ4n) is 4.57. The normalized spacial score (nSPS) is 29.6. The molecule has 1 aliphatic heterocycles. The molecule has 1 saturated carbocycles. The van der Waals surface area contributed by atoms with Crippen molar-refractivity contribution in [1.29, 1.82) is 0 Å². The zero-order chi connectivity index (χ0) is 17.2. The summed E-state index contributed by atoms with van der Waals surface area (Å²) in [6.07, 6.45) is 8.63. The Balaban J connectivity index is 1.74. The molecule has 0 spiro atoms. The summed E-state index contributed by atoms with van der Waals surface area (Å²) in [4.78, 5) is 2.61. The van der Waals surface area contributed by atoms with Crippen molar-refractivity contribution >= 4 is 0 Å². The summed E-state index contributed by atoms with van der Waals surface area (Å²) in [6, 6.07) is 8.80. The van der Waals surface area contributed by atoms with Gasteiger partial charge in [0.15, 0.2) is 0 Å². The Labute approximate surface area is 148 Å². The van der Waals surface area contributed by atoms with Gasteiger partial charge in [0.1, 0.15) is 0 Å². The average molecular weight is 330 g/mol. The van der Waals surface area contributed by atoms with Crippen LogP contribution in [-0.4, -0.2) is 29.6 Å². The van der Waals surface area contributed by atoms with Crippen LogP contribution in [0.2, 0.25) is 0 Å². The number of aliphatic hydroxyl groups is 1. The van der Waals surface area contributed by atoms with E-state index in [0.717, 1.165) is 31.4 Å². The van der Waals surface area contributed by atoms with E-state index >= 15 is 0 Å². The lowest BCUT2D eigenvalue weighted by Crippen LogP contribution is -2.39. The SMILES string of the molecule is CC(C)(C)c1ccc(C2(O)CCCC2CN2CCCCCC2)cc1. The largest absolute Gasteiger partial charge is 0.385 e. The quantitative estimate of drug-likeness (QED) is 0.857. The molecule has 2 aliphatic rings. The highest BCUT2D eigenvalue weighted by atomic mass is 16.3. The van der Waals surface area contributed by atoms with Crippen LogP contribution in [-0.2, 0) is 11.0 Å². The molecule has 0 bridgehead atoms. The minimum atomic E-state index is -0.622. The molecule has 1 heterocycles. The maximum atomic E-state index is 11.5. The van der Waals surface area contributed by atoms with Crippen LogP contribution < -0.4 is 0 Å². The van der Waals surface area contributed by atoms with Gasteiger partial charge in [0.05, 0.1) is 5.60 Å². The summed E-state index contributed by atoms with van der Waals surface area (Å²) in [5.74, 6) is 0.385. The van der Waals surface area contributed by atoms with Crippen LogP contribution in [0, 0.1) is 5.92 Å². The average Bonchev–Trinajstić information content (AvgIpc) is 2.75. The van der Waals surface area contributed by atoms with Gasteiger partial charge < -0.3 is 10.0 Å². The summed E-state index contributed by atoms with van der Waals surface area (Å²) in [5, 5.41) is 11.5. The summed E-state index contributed by atoms with van der Waals surface area (Å²) in [7, 11) is 0. The summed E-state index contributed by atoms with van der Waals surface area (Å²) in [5.41, 5.74) is 2.02. The third-order valence-corrected chi connectivity index (χ3v) is 6.21. The Morgan fingerprint density at radius 1 is 1.00 bits per heavy atom. The molecule has 1 aromatic carbocycles. The third-order valence-electron chi connectivity index (χ3n) is 6.21. The van der Waals surface area contributed by atoms with Crippen LogP contribution in [0.4, 0.5) is 0 Å². The third kappa shape index (κ3) is 3.86. The number of likely N-dealkylation sites (tertiary alicyclic amines) is 1. The van der Waals surface area contributed by atoms with Gasteiger partial charge in [-0.25, -0.2) is 0 Å². The number of hydrogen-bond acceptors (Lipinski definition) is 2. The number of benzene rings is 1. The maximum absolute atomic E-state index is 11.5. The number of nitrogens with zero attached hydrogens (tertiary/aromatic N) is 1. The lowest BCUT2D eigenvalue weighted by molar-refractivity contribution is -0.0155. The first-order chi connectivity index (χ1) is 11.4. The lowest BCUT2D eigenvalue weighted by Gasteiger charge is -2.35. The van der Waals surface area contributed by atoms with Crippen LogP contribution >= 0.6 is 0 Å². The first kappa shape index (κ1) is 17.9. The number of hydrogen-bond donors (Lipinski definition) is 1. The predicted octanol–water partition coefficient (Wildman–Crippen LogP) is 4.85. The lowest BCUT2D eigenvalue weighted by atomic mass is 9.81.